The minimum Gasteiger partial charge on any atom is -0.495 e. The van der Waals surface area contributed by atoms with E-state index in [0.717, 1.165) is 16.5 Å². The van der Waals surface area contributed by atoms with Gasteiger partial charge in [0.05, 0.1) is 29.8 Å². The largest absolute Gasteiger partial charge is 0.495 e. The molecular weight excluding hydrogens is 416 g/mol. The van der Waals surface area contributed by atoms with Gasteiger partial charge in [-0.25, -0.2) is 4.98 Å². The molecule has 0 fully saturated rings. The summed E-state index contributed by atoms with van der Waals surface area (Å²) in [5, 5.41) is 10.3. The molecule has 2 unspecified atom stereocenters. The van der Waals surface area contributed by atoms with Gasteiger partial charge in [-0.15, -0.1) is 11.3 Å². The van der Waals surface area contributed by atoms with E-state index in [0.29, 0.717) is 15.9 Å². The first-order valence-electron chi connectivity index (χ1n) is 8.79. The molecule has 1 aromatic heterocycles. The van der Waals surface area contributed by atoms with Crippen molar-refractivity contribution in [2.24, 2.45) is 10.4 Å². The zero-order valence-corrected chi connectivity index (χ0v) is 18.8. The lowest BCUT2D eigenvalue weighted by Gasteiger charge is -2.16. The fourth-order valence-electron chi connectivity index (χ4n) is 2.52. The van der Waals surface area contributed by atoms with Gasteiger partial charge in [-0.1, -0.05) is 44.1 Å². The Kier molecular flexibility index (Phi) is 6.21. The van der Waals surface area contributed by atoms with Crippen LogP contribution >= 0.6 is 34.7 Å². The summed E-state index contributed by atoms with van der Waals surface area (Å²) in [5.74, 6) is 0.650. The second-order valence-electron chi connectivity index (χ2n) is 7.46. The van der Waals surface area contributed by atoms with Crippen molar-refractivity contribution < 1.29 is 9.53 Å². The van der Waals surface area contributed by atoms with Gasteiger partial charge < -0.3 is 15.4 Å². The van der Waals surface area contributed by atoms with Crippen LogP contribution in [0.25, 0.3) is 0 Å². The lowest BCUT2D eigenvalue weighted by molar-refractivity contribution is -0.123. The average molecular weight is 439 g/mol. The number of aliphatic imine (C=N–C) groups is 1. The monoisotopic (exact) mass is 438 g/mol. The highest BCUT2D eigenvalue weighted by atomic mass is 35.5. The number of methoxy groups -OCH3 is 1. The molecular formula is C19H23ClN4O2S2. The molecule has 1 amide bonds. The van der Waals surface area contributed by atoms with Crippen LogP contribution in [0.5, 0.6) is 5.75 Å². The number of hydrogen-bond acceptors (Lipinski definition) is 7. The number of amidine groups is 1. The van der Waals surface area contributed by atoms with Gasteiger partial charge in [0.2, 0.25) is 5.91 Å². The number of rotatable bonds is 4. The van der Waals surface area contributed by atoms with Gasteiger partial charge in [0.15, 0.2) is 10.3 Å². The van der Waals surface area contributed by atoms with Gasteiger partial charge >= 0.3 is 0 Å². The molecule has 0 spiro atoms. The van der Waals surface area contributed by atoms with Gasteiger partial charge in [-0.3, -0.25) is 9.79 Å². The molecule has 6 nitrogen and oxygen atoms in total. The number of nitrogens with one attached hydrogen (secondary N) is 2. The Morgan fingerprint density at radius 3 is 2.75 bits per heavy atom. The Morgan fingerprint density at radius 1 is 1.32 bits per heavy atom. The third kappa shape index (κ3) is 4.79. The maximum atomic E-state index is 12.2. The first-order chi connectivity index (χ1) is 13.2. The van der Waals surface area contributed by atoms with Crippen LogP contribution in [0, 0.1) is 5.41 Å². The molecule has 28 heavy (non-hydrogen) atoms. The fourth-order valence-corrected chi connectivity index (χ4v) is 4.66. The normalized spacial score (nSPS) is 19.3. The van der Waals surface area contributed by atoms with E-state index in [1.165, 1.54) is 11.3 Å². The van der Waals surface area contributed by atoms with Gasteiger partial charge in [-0.05, 0) is 25.1 Å². The zero-order valence-electron chi connectivity index (χ0n) is 16.4. The van der Waals surface area contributed by atoms with Crippen molar-refractivity contribution in [3.8, 4) is 5.75 Å². The number of thiazole rings is 1. The Hall–Kier alpha value is -1.77. The van der Waals surface area contributed by atoms with Gasteiger partial charge in [0.1, 0.15) is 5.75 Å². The van der Waals surface area contributed by atoms with E-state index < -0.39 is 5.41 Å². The number of amides is 1. The molecule has 2 atom stereocenters. The first kappa shape index (κ1) is 21.0. The van der Waals surface area contributed by atoms with Gasteiger partial charge in [0.25, 0.3) is 0 Å². The average Bonchev–Trinajstić information content (AvgIpc) is 3.20. The number of halogens is 1. The number of nitrogens with zero attached hydrogens (tertiary/aromatic N) is 2. The highest BCUT2D eigenvalue weighted by molar-refractivity contribution is 8.14. The number of anilines is 2. The van der Waals surface area contributed by atoms with Crippen molar-refractivity contribution in [2.75, 3.05) is 17.7 Å². The van der Waals surface area contributed by atoms with E-state index in [-0.39, 0.29) is 17.2 Å². The van der Waals surface area contributed by atoms with Crippen LogP contribution in [0.4, 0.5) is 10.8 Å². The summed E-state index contributed by atoms with van der Waals surface area (Å²) >= 11 is 9.14. The number of thioether (sulfide) groups is 1. The molecule has 2 heterocycles. The van der Waals surface area contributed by atoms with E-state index in [4.69, 9.17) is 21.3 Å². The fraction of sp³-hybridized carbons (Fsp3) is 0.421. The van der Waals surface area contributed by atoms with Crippen LogP contribution in [0.2, 0.25) is 5.02 Å². The molecule has 2 N–H and O–H groups in total. The summed E-state index contributed by atoms with van der Waals surface area (Å²) in [6.45, 7) is 7.68. The molecule has 0 aliphatic carbocycles. The maximum Gasteiger partial charge on any atom is 0.231 e. The van der Waals surface area contributed by atoms with Crippen LogP contribution in [-0.2, 0) is 4.79 Å². The summed E-state index contributed by atoms with van der Waals surface area (Å²) in [7, 11) is 1.62. The van der Waals surface area contributed by atoms with E-state index in [9.17, 15) is 4.79 Å². The number of carbonyl (C=O) groups is 1. The number of ether oxygens (including phenoxy) is 1. The minimum atomic E-state index is -0.461. The Balaban J connectivity index is 1.69. The van der Waals surface area contributed by atoms with Crippen molar-refractivity contribution in [1.82, 2.24) is 4.98 Å². The van der Waals surface area contributed by atoms with E-state index in [1.807, 2.05) is 45.2 Å². The molecule has 9 heteroatoms. The molecule has 2 aromatic rings. The molecule has 1 aliphatic heterocycles. The SMILES string of the molecule is COc1ccc(Cl)cc1NC1=NC(C)C(c2csc(NC(=O)C(C)(C)C)n2)S1. The van der Waals surface area contributed by atoms with E-state index in [1.54, 1.807) is 24.9 Å². The zero-order chi connectivity index (χ0) is 20.5. The molecule has 150 valence electrons. The van der Waals surface area contributed by atoms with Gasteiger partial charge in [0, 0.05) is 15.8 Å². The number of hydrogen-bond donors (Lipinski definition) is 2. The summed E-state index contributed by atoms with van der Waals surface area (Å²) in [5.41, 5.74) is 1.22. The maximum absolute atomic E-state index is 12.2. The van der Waals surface area contributed by atoms with E-state index in [2.05, 4.69) is 15.6 Å². The minimum absolute atomic E-state index is 0.0472. The third-order valence-electron chi connectivity index (χ3n) is 4.12. The summed E-state index contributed by atoms with van der Waals surface area (Å²) in [6, 6.07) is 5.45. The number of benzene rings is 1. The third-order valence-corrected chi connectivity index (χ3v) is 6.45. The number of aromatic nitrogens is 1. The van der Waals surface area contributed by atoms with Crippen LogP contribution in [0.3, 0.4) is 0 Å². The molecule has 1 aromatic carbocycles. The lowest BCUT2D eigenvalue weighted by Crippen LogP contribution is -2.27. The smallest absolute Gasteiger partial charge is 0.231 e. The molecule has 0 saturated heterocycles. The van der Waals surface area contributed by atoms with Crippen LogP contribution in [0.1, 0.15) is 38.6 Å². The van der Waals surface area contributed by atoms with Crippen LogP contribution in [0.15, 0.2) is 28.6 Å². The highest BCUT2D eigenvalue weighted by Gasteiger charge is 2.31. The second-order valence-corrected chi connectivity index (χ2v) is 9.89. The van der Waals surface area contributed by atoms with Crippen molar-refractivity contribution in [3.05, 3.63) is 34.3 Å². The Labute approximate surface area is 178 Å². The summed E-state index contributed by atoms with van der Waals surface area (Å²) in [4.78, 5) is 21.5. The number of carbonyl (C=O) groups excluding carboxylic acids is 1. The van der Waals surface area contributed by atoms with E-state index >= 15 is 0 Å². The Morgan fingerprint density at radius 2 is 2.07 bits per heavy atom. The molecule has 0 saturated carbocycles. The van der Waals surface area contributed by atoms with Crippen molar-refractivity contribution in [2.45, 2.75) is 39.0 Å². The van der Waals surface area contributed by atoms with Crippen LogP contribution in [-0.4, -0.2) is 29.2 Å². The van der Waals surface area contributed by atoms with Crippen molar-refractivity contribution in [3.63, 3.8) is 0 Å². The highest BCUT2D eigenvalue weighted by Crippen LogP contribution is 2.42. The molecule has 0 radical (unpaired) electrons. The molecule has 0 bridgehead atoms. The summed E-state index contributed by atoms with van der Waals surface area (Å²) in [6.07, 6.45) is 0. The summed E-state index contributed by atoms with van der Waals surface area (Å²) < 4.78 is 5.38. The predicted octanol–water partition coefficient (Wildman–Crippen LogP) is 5.43. The first-order valence-corrected chi connectivity index (χ1v) is 10.9. The standard InChI is InChI=1S/C19H23ClN4O2S2/c1-10-15(13-9-27-17(23-13)24-16(25)19(2,3)4)28-18(21-10)22-12-8-11(20)6-7-14(12)26-5/h6-10,15H,1-5H3,(H,21,22)(H,23,24,25). The quantitative estimate of drug-likeness (QED) is 0.665. The Bertz CT molecular complexity index is 908. The topological polar surface area (TPSA) is 75.6 Å². The predicted molar refractivity (Wildman–Crippen MR) is 119 cm³/mol. The molecule has 3 rings (SSSR count). The molecule has 1 aliphatic rings. The van der Waals surface area contributed by atoms with Crippen molar-refractivity contribution in [1.29, 1.82) is 0 Å². The van der Waals surface area contributed by atoms with Crippen molar-refractivity contribution >= 4 is 56.6 Å². The second kappa shape index (κ2) is 8.31. The lowest BCUT2D eigenvalue weighted by atomic mass is 9.96. The van der Waals surface area contributed by atoms with Crippen LogP contribution < -0.4 is 15.4 Å². The van der Waals surface area contributed by atoms with Gasteiger partial charge in [-0.2, -0.15) is 0 Å².